The van der Waals surface area contributed by atoms with Gasteiger partial charge in [-0.1, -0.05) is 23.7 Å². The maximum Gasteiger partial charge on any atom is 0.292 e. The molecular weight excluding hydrogens is 406 g/mol. The first-order valence-corrected chi connectivity index (χ1v) is 10.7. The van der Waals surface area contributed by atoms with Gasteiger partial charge in [0.1, 0.15) is 5.69 Å². The van der Waals surface area contributed by atoms with Crippen molar-refractivity contribution in [3.05, 3.63) is 63.2 Å². The van der Waals surface area contributed by atoms with E-state index in [4.69, 9.17) is 11.6 Å². The monoisotopic (exact) mass is 423 g/mol. The smallest absolute Gasteiger partial charge is 0.292 e. The molecule has 2 aromatic rings. The van der Waals surface area contributed by atoms with E-state index in [1.807, 2.05) is 4.90 Å². The van der Waals surface area contributed by atoms with Crippen molar-refractivity contribution in [1.29, 1.82) is 0 Å². The third-order valence-corrected chi connectivity index (χ3v) is 6.02. The topological polar surface area (TPSA) is 101 Å². The number of rotatable bonds is 4. The molecule has 1 fully saturated rings. The van der Waals surface area contributed by atoms with E-state index in [-0.39, 0.29) is 27.1 Å². The van der Waals surface area contributed by atoms with E-state index in [1.54, 1.807) is 23.1 Å². The third-order valence-electron chi connectivity index (χ3n) is 4.58. The van der Waals surface area contributed by atoms with Gasteiger partial charge in [0.25, 0.3) is 11.6 Å². The van der Waals surface area contributed by atoms with E-state index >= 15 is 0 Å². The molecule has 0 unspecified atom stereocenters. The summed E-state index contributed by atoms with van der Waals surface area (Å²) in [5.41, 5.74) is 0.659. The Morgan fingerprint density at radius 3 is 2.36 bits per heavy atom. The highest BCUT2D eigenvalue weighted by atomic mass is 35.5. The van der Waals surface area contributed by atoms with Gasteiger partial charge in [0, 0.05) is 38.5 Å². The second-order valence-corrected chi connectivity index (χ2v) is 8.86. The molecule has 10 heteroatoms. The van der Waals surface area contributed by atoms with Crippen molar-refractivity contribution in [1.82, 2.24) is 4.90 Å². The summed E-state index contributed by atoms with van der Waals surface area (Å²) in [5.74, 6) is -0.363. The van der Waals surface area contributed by atoms with E-state index in [2.05, 4.69) is 0 Å². The molecule has 2 aromatic carbocycles. The molecule has 148 valence electrons. The van der Waals surface area contributed by atoms with Gasteiger partial charge in [0.2, 0.25) is 0 Å². The summed E-state index contributed by atoms with van der Waals surface area (Å²) in [6.45, 7) is 1.51. The predicted molar refractivity (Wildman–Crippen MR) is 106 cm³/mol. The van der Waals surface area contributed by atoms with Gasteiger partial charge < -0.3 is 9.80 Å². The Hall–Kier alpha value is -2.65. The molecule has 0 bridgehead atoms. The summed E-state index contributed by atoms with van der Waals surface area (Å²) in [5, 5.41) is 11.4. The van der Waals surface area contributed by atoms with Crippen LogP contribution < -0.4 is 4.90 Å². The fourth-order valence-corrected chi connectivity index (χ4v) is 3.95. The molecule has 0 N–H and O–H groups in total. The summed E-state index contributed by atoms with van der Waals surface area (Å²) in [4.78, 5) is 27.1. The summed E-state index contributed by atoms with van der Waals surface area (Å²) < 4.78 is 23.5. The zero-order valence-electron chi connectivity index (χ0n) is 15.0. The Kier molecular flexibility index (Phi) is 5.57. The first-order valence-electron chi connectivity index (χ1n) is 8.46. The number of nitro benzene ring substituents is 1. The van der Waals surface area contributed by atoms with Gasteiger partial charge in [0.15, 0.2) is 9.84 Å². The number of para-hydroxylation sites is 2. The zero-order valence-corrected chi connectivity index (χ0v) is 16.6. The molecular formula is C18H18ClN3O5S. The highest BCUT2D eigenvalue weighted by Crippen LogP contribution is 2.29. The molecule has 1 aliphatic heterocycles. The van der Waals surface area contributed by atoms with Crippen LogP contribution in [0.25, 0.3) is 0 Å². The van der Waals surface area contributed by atoms with Crippen molar-refractivity contribution >= 4 is 38.7 Å². The minimum Gasteiger partial charge on any atom is -0.362 e. The maximum absolute atomic E-state index is 12.8. The van der Waals surface area contributed by atoms with Gasteiger partial charge in [-0.2, -0.15) is 0 Å². The van der Waals surface area contributed by atoms with Crippen molar-refractivity contribution in [3.63, 3.8) is 0 Å². The lowest BCUT2D eigenvalue weighted by atomic mass is 10.1. The first-order chi connectivity index (χ1) is 13.2. The second kappa shape index (κ2) is 7.76. The van der Waals surface area contributed by atoms with Crippen LogP contribution in [0.15, 0.2) is 47.4 Å². The van der Waals surface area contributed by atoms with E-state index in [0.29, 0.717) is 31.9 Å². The molecule has 1 saturated heterocycles. The number of sulfone groups is 1. The Morgan fingerprint density at radius 1 is 1.11 bits per heavy atom. The molecule has 0 radical (unpaired) electrons. The number of piperazine rings is 1. The molecule has 1 aliphatic rings. The Labute approximate surface area is 167 Å². The Morgan fingerprint density at radius 2 is 1.75 bits per heavy atom. The number of carbonyl (C=O) groups excluding carboxylic acids is 1. The molecule has 28 heavy (non-hydrogen) atoms. The summed E-state index contributed by atoms with van der Waals surface area (Å²) in [6, 6.07) is 10.5. The number of hydrogen-bond donors (Lipinski definition) is 0. The molecule has 8 nitrogen and oxygen atoms in total. The molecule has 3 rings (SSSR count). The SMILES string of the molecule is CS(=O)(=O)c1ccc(Cl)c(C(=O)N2CCN(c3ccccc3[N+](=O)[O-])CC2)c1. The van der Waals surface area contributed by atoms with E-state index in [9.17, 15) is 23.3 Å². The van der Waals surface area contributed by atoms with Crippen molar-refractivity contribution in [2.75, 3.05) is 37.3 Å². The summed E-state index contributed by atoms with van der Waals surface area (Å²) in [6.07, 6.45) is 1.07. The summed E-state index contributed by atoms with van der Waals surface area (Å²) >= 11 is 6.11. The predicted octanol–water partition coefficient (Wildman–Crippen LogP) is 2.61. The highest BCUT2D eigenvalue weighted by Gasteiger charge is 2.27. The van der Waals surface area contributed by atoms with Crippen molar-refractivity contribution in [2.45, 2.75) is 4.90 Å². The minimum absolute atomic E-state index is 0.0196. The van der Waals surface area contributed by atoms with Crippen molar-refractivity contribution in [2.24, 2.45) is 0 Å². The second-order valence-electron chi connectivity index (χ2n) is 6.44. The number of halogens is 1. The number of carbonyl (C=O) groups is 1. The van der Waals surface area contributed by atoms with E-state index < -0.39 is 14.8 Å². The first kappa shape index (κ1) is 20.1. The lowest BCUT2D eigenvalue weighted by molar-refractivity contribution is -0.384. The molecule has 0 atom stereocenters. The maximum atomic E-state index is 12.8. The van der Waals surface area contributed by atoms with Gasteiger partial charge in [-0.05, 0) is 24.3 Å². The average molecular weight is 424 g/mol. The minimum atomic E-state index is -3.47. The van der Waals surface area contributed by atoms with Crippen LogP contribution in [0, 0.1) is 10.1 Å². The normalized spacial score (nSPS) is 14.8. The Balaban J connectivity index is 1.77. The highest BCUT2D eigenvalue weighted by molar-refractivity contribution is 7.90. The molecule has 0 aliphatic carbocycles. The van der Waals surface area contributed by atoms with Gasteiger partial charge in [-0.3, -0.25) is 14.9 Å². The van der Waals surface area contributed by atoms with Crippen LogP contribution in [-0.4, -0.2) is 56.6 Å². The lowest BCUT2D eigenvalue weighted by Gasteiger charge is -2.36. The van der Waals surface area contributed by atoms with Crippen LogP contribution in [0.1, 0.15) is 10.4 Å². The van der Waals surface area contributed by atoms with Crippen LogP contribution in [0.3, 0.4) is 0 Å². The van der Waals surface area contributed by atoms with E-state index in [0.717, 1.165) is 6.26 Å². The van der Waals surface area contributed by atoms with Crippen LogP contribution in [0.2, 0.25) is 5.02 Å². The molecule has 1 heterocycles. The summed E-state index contributed by atoms with van der Waals surface area (Å²) in [7, 11) is -3.47. The fraction of sp³-hybridized carbons (Fsp3) is 0.278. The van der Waals surface area contributed by atoms with Crippen LogP contribution in [0.5, 0.6) is 0 Å². The average Bonchev–Trinajstić information content (AvgIpc) is 2.67. The van der Waals surface area contributed by atoms with Crippen LogP contribution in [0.4, 0.5) is 11.4 Å². The van der Waals surface area contributed by atoms with Gasteiger partial charge in [0.05, 0.1) is 20.4 Å². The van der Waals surface area contributed by atoms with Crippen LogP contribution in [-0.2, 0) is 9.84 Å². The zero-order chi connectivity index (χ0) is 20.5. The van der Waals surface area contributed by atoms with Gasteiger partial charge in [-0.25, -0.2) is 8.42 Å². The number of anilines is 1. The van der Waals surface area contributed by atoms with E-state index in [1.165, 1.54) is 24.3 Å². The van der Waals surface area contributed by atoms with Gasteiger partial charge >= 0.3 is 0 Å². The third kappa shape index (κ3) is 4.10. The number of benzene rings is 2. The Bertz CT molecular complexity index is 1030. The number of nitrogens with zero attached hydrogens (tertiary/aromatic N) is 3. The molecule has 0 aromatic heterocycles. The lowest BCUT2D eigenvalue weighted by Crippen LogP contribution is -2.49. The standard InChI is InChI=1S/C18H18ClN3O5S/c1-28(26,27)13-6-7-15(19)14(12-13)18(23)21-10-8-20(9-11-21)16-4-2-3-5-17(16)22(24)25/h2-7,12H,8-11H2,1H3. The number of nitro groups is 1. The largest absolute Gasteiger partial charge is 0.362 e. The number of amides is 1. The number of hydrogen-bond acceptors (Lipinski definition) is 6. The van der Waals surface area contributed by atoms with Crippen molar-refractivity contribution in [3.8, 4) is 0 Å². The molecule has 0 spiro atoms. The van der Waals surface area contributed by atoms with Crippen molar-refractivity contribution < 1.29 is 18.1 Å². The van der Waals surface area contributed by atoms with Gasteiger partial charge in [-0.15, -0.1) is 0 Å². The molecule has 1 amide bonds. The quantitative estimate of drug-likeness (QED) is 0.553. The van der Waals surface area contributed by atoms with Crippen LogP contribution >= 0.6 is 11.6 Å². The fourth-order valence-electron chi connectivity index (χ4n) is 3.11. The molecule has 0 saturated carbocycles.